The van der Waals surface area contributed by atoms with Crippen molar-refractivity contribution in [1.82, 2.24) is 10.2 Å². The summed E-state index contributed by atoms with van der Waals surface area (Å²) in [6.07, 6.45) is 0. The normalized spacial score (nSPS) is 15.7. The van der Waals surface area contributed by atoms with E-state index in [4.69, 9.17) is 5.26 Å². The van der Waals surface area contributed by atoms with E-state index in [9.17, 15) is 0 Å². The topological polar surface area (TPSA) is 39.1 Å². The van der Waals surface area contributed by atoms with Crippen molar-refractivity contribution in [2.75, 3.05) is 13.6 Å². The van der Waals surface area contributed by atoms with Crippen molar-refractivity contribution in [3.8, 4) is 6.07 Å². The third kappa shape index (κ3) is 5.76. The molecule has 0 aromatic rings. The molecule has 0 fully saturated rings. The van der Waals surface area contributed by atoms with Crippen LogP contribution in [0, 0.1) is 17.2 Å². The van der Waals surface area contributed by atoms with E-state index in [1.54, 1.807) is 0 Å². The van der Waals surface area contributed by atoms with Gasteiger partial charge in [-0.25, -0.2) is 0 Å². The quantitative estimate of drug-likeness (QED) is 0.729. The molecule has 0 amide bonds. The number of hydrogen-bond donors (Lipinski definition) is 1. The van der Waals surface area contributed by atoms with Crippen molar-refractivity contribution in [3.05, 3.63) is 0 Å². The van der Waals surface area contributed by atoms with Crippen LogP contribution in [0.15, 0.2) is 0 Å². The van der Waals surface area contributed by atoms with Gasteiger partial charge in [-0.1, -0.05) is 13.8 Å². The predicted octanol–water partition coefficient (Wildman–Crippen LogP) is 1.85. The van der Waals surface area contributed by atoms with E-state index in [0.717, 1.165) is 6.54 Å². The maximum Gasteiger partial charge on any atom is 0.108 e. The van der Waals surface area contributed by atoms with Gasteiger partial charge in [0.2, 0.25) is 0 Å². The Labute approximate surface area is 94.5 Å². The first-order valence-electron chi connectivity index (χ1n) is 5.74. The van der Waals surface area contributed by atoms with Crippen LogP contribution in [0.2, 0.25) is 0 Å². The molecule has 0 rings (SSSR count). The highest BCUT2D eigenvalue weighted by Crippen LogP contribution is 2.08. The zero-order valence-electron chi connectivity index (χ0n) is 10.9. The van der Waals surface area contributed by atoms with Crippen molar-refractivity contribution in [3.63, 3.8) is 0 Å². The third-order valence-electron chi connectivity index (χ3n) is 2.82. The molecular weight excluding hydrogens is 186 g/mol. The van der Waals surface area contributed by atoms with E-state index in [0.29, 0.717) is 18.0 Å². The summed E-state index contributed by atoms with van der Waals surface area (Å²) in [7, 11) is 2.08. The van der Waals surface area contributed by atoms with E-state index in [-0.39, 0.29) is 6.04 Å². The highest BCUT2D eigenvalue weighted by atomic mass is 15.2. The van der Waals surface area contributed by atoms with Crippen LogP contribution in [0.4, 0.5) is 0 Å². The molecule has 0 aliphatic heterocycles. The minimum Gasteiger partial charge on any atom is -0.301 e. The number of hydrogen-bond acceptors (Lipinski definition) is 3. The Bertz CT molecular complexity index is 205. The first-order chi connectivity index (χ1) is 6.88. The highest BCUT2D eigenvalue weighted by molar-refractivity contribution is 4.93. The van der Waals surface area contributed by atoms with Crippen molar-refractivity contribution >= 4 is 0 Å². The fourth-order valence-electron chi connectivity index (χ4n) is 1.50. The predicted molar refractivity (Wildman–Crippen MR) is 64.6 cm³/mol. The van der Waals surface area contributed by atoms with Crippen molar-refractivity contribution in [2.45, 2.75) is 52.7 Å². The molecular formula is C12H25N3. The molecule has 2 atom stereocenters. The summed E-state index contributed by atoms with van der Waals surface area (Å²) in [4.78, 5) is 2.24. The zero-order valence-corrected chi connectivity index (χ0v) is 10.9. The Kier molecular flexibility index (Phi) is 6.55. The molecule has 88 valence electrons. The number of likely N-dealkylation sites (N-methyl/N-ethyl adjacent to an activating group) is 1. The summed E-state index contributed by atoms with van der Waals surface area (Å²) >= 11 is 0. The molecule has 0 spiro atoms. The van der Waals surface area contributed by atoms with Crippen LogP contribution in [-0.2, 0) is 0 Å². The van der Waals surface area contributed by atoms with Crippen LogP contribution < -0.4 is 5.32 Å². The van der Waals surface area contributed by atoms with Crippen LogP contribution >= 0.6 is 0 Å². The molecule has 2 unspecified atom stereocenters. The second-order valence-electron chi connectivity index (χ2n) is 4.93. The molecule has 0 saturated carbocycles. The van der Waals surface area contributed by atoms with E-state index in [2.05, 4.69) is 58.0 Å². The number of nitrogens with zero attached hydrogens (tertiary/aromatic N) is 2. The van der Waals surface area contributed by atoms with Gasteiger partial charge in [-0.3, -0.25) is 5.32 Å². The Morgan fingerprint density at radius 1 is 1.20 bits per heavy atom. The molecule has 0 heterocycles. The van der Waals surface area contributed by atoms with Crippen LogP contribution in [-0.4, -0.2) is 36.6 Å². The van der Waals surface area contributed by atoms with Crippen LogP contribution in [0.25, 0.3) is 0 Å². The first-order valence-corrected chi connectivity index (χ1v) is 5.74. The van der Waals surface area contributed by atoms with E-state index < -0.39 is 0 Å². The average Bonchev–Trinajstić information content (AvgIpc) is 2.14. The van der Waals surface area contributed by atoms with Gasteiger partial charge >= 0.3 is 0 Å². The van der Waals surface area contributed by atoms with Crippen molar-refractivity contribution < 1.29 is 0 Å². The monoisotopic (exact) mass is 211 g/mol. The lowest BCUT2D eigenvalue weighted by Gasteiger charge is -2.30. The van der Waals surface area contributed by atoms with Crippen molar-refractivity contribution in [2.24, 2.45) is 5.92 Å². The second kappa shape index (κ2) is 6.81. The lowest BCUT2D eigenvalue weighted by Crippen LogP contribution is -2.45. The van der Waals surface area contributed by atoms with Gasteiger partial charge in [-0.05, 0) is 33.7 Å². The lowest BCUT2D eigenvalue weighted by atomic mass is 10.0. The summed E-state index contributed by atoms with van der Waals surface area (Å²) in [5, 5.41) is 12.3. The molecule has 0 saturated heterocycles. The minimum atomic E-state index is -0.0730. The SMILES string of the molecule is CC(C)NC(C#N)CN(C)C(C)C(C)C. The van der Waals surface area contributed by atoms with Gasteiger partial charge < -0.3 is 4.90 Å². The summed E-state index contributed by atoms with van der Waals surface area (Å²) in [6.45, 7) is 11.5. The first kappa shape index (κ1) is 14.4. The Morgan fingerprint density at radius 2 is 1.73 bits per heavy atom. The van der Waals surface area contributed by atoms with Crippen LogP contribution in [0.5, 0.6) is 0 Å². The zero-order chi connectivity index (χ0) is 12.0. The minimum absolute atomic E-state index is 0.0730. The largest absolute Gasteiger partial charge is 0.301 e. The summed E-state index contributed by atoms with van der Waals surface area (Å²) in [6, 6.07) is 3.10. The molecule has 3 heteroatoms. The molecule has 0 aromatic carbocycles. The second-order valence-corrected chi connectivity index (χ2v) is 4.93. The summed E-state index contributed by atoms with van der Waals surface area (Å²) < 4.78 is 0. The Balaban J connectivity index is 4.13. The van der Waals surface area contributed by atoms with Gasteiger partial charge in [-0.2, -0.15) is 5.26 Å². The van der Waals surface area contributed by atoms with Crippen LogP contribution in [0.1, 0.15) is 34.6 Å². The molecule has 0 aromatic heterocycles. The van der Waals surface area contributed by atoms with Gasteiger partial charge in [-0.15, -0.1) is 0 Å². The van der Waals surface area contributed by atoms with E-state index in [1.165, 1.54) is 0 Å². The molecule has 1 N–H and O–H groups in total. The third-order valence-corrected chi connectivity index (χ3v) is 2.82. The molecule has 0 aliphatic carbocycles. The summed E-state index contributed by atoms with van der Waals surface area (Å²) in [5.74, 6) is 0.619. The average molecular weight is 211 g/mol. The molecule has 15 heavy (non-hydrogen) atoms. The fourth-order valence-corrected chi connectivity index (χ4v) is 1.50. The molecule has 3 nitrogen and oxygen atoms in total. The fraction of sp³-hybridized carbons (Fsp3) is 0.917. The van der Waals surface area contributed by atoms with E-state index in [1.807, 2.05) is 0 Å². The van der Waals surface area contributed by atoms with Gasteiger partial charge in [0.1, 0.15) is 6.04 Å². The maximum atomic E-state index is 9.01. The van der Waals surface area contributed by atoms with Crippen LogP contribution in [0.3, 0.4) is 0 Å². The molecule has 0 radical (unpaired) electrons. The Morgan fingerprint density at radius 3 is 2.07 bits per heavy atom. The molecule has 0 aliphatic rings. The van der Waals surface area contributed by atoms with E-state index >= 15 is 0 Å². The standard InChI is InChI=1S/C12H25N3/c1-9(2)11(5)15(6)8-12(7-13)14-10(3)4/h9-12,14H,8H2,1-6H3. The van der Waals surface area contributed by atoms with Gasteiger partial charge in [0.15, 0.2) is 0 Å². The Hall–Kier alpha value is -0.590. The smallest absolute Gasteiger partial charge is 0.108 e. The van der Waals surface area contributed by atoms with Gasteiger partial charge in [0.05, 0.1) is 6.07 Å². The summed E-state index contributed by atoms with van der Waals surface area (Å²) in [5.41, 5.74) is 0. The van der Waals surface area contributed by atoms with Crippen molar-refractivity contribution in [1.29, 1.82) is 5.26 Å². The number of nitriles is 1. The maximum absolute atomic E-state index is 9.01. The molecule has 0 bridgehead atoms. The van der Waals surface area contributed by atoms with Gasteiger partial charge in [0, 0.05) is 18.6 Å². The van der Waals surface area contributed by atoms with Gasteiger partial charge in [0.25, 0.3) is 0 Å². The highest BCUT2D eigenvalue weighted by Gasteiger charge is 2.17. The number of rotatable bonds is 6. The number of nitrogens with one attached hydrogen (secondary N) is 1. The lowest BCUT2D eigenvalue weighted by molar-refractivity contribution is 0.196.